The van der Waals surface area contributed by atoms with Crippen molar-refractivity contribution in [1.29, 1.82) is 0 Å². The molecule has 0 atom stereocenters. The van der Waals surface area contributed by atoms with E-state index in [-0.39, 0.29) is 6.10 Å². The molecule has 0 spiro atoms. The van der Waals surface area contributed by atoms with Crippen LogP contribution in [0.3, 0.4) is 0 Å². The zero-order chi connectivity index (χ0) is 24.2. The van der Waals surface area contributed by atoms with Crippen molar-refractivity contribution in [3.05, 3.63) is 29.9 Å². The number of aryl methyl sites for hydroxylation is 2. The van der Waals surface area contributed by atoms with Crippen molar-refractivity contribution >= 4 is 22.7 Å². The Balaban J connectivity index is 1.39. The minimum absolute atomic E-state index is 0.0804. The second kappa shape index (κ2) is 11.1. The van der Waals surface area contributed by atoms with E-state index in [0.29, 0.717) is 25.0 Å². The molecule has 0 radical (unpaired) electrons. The molecule has 0 N–H and O–H groups in total. The molecule has 35 heavy (non-hydrogen) atoms. The lowest BCUT2D eigenvalue weighted by molar-refractivity contribution is 0.0260. The first-order valence-corrected chi connectivity index (χ1v) is 13.1. The minimum atomic E-state index is 0.0804. The molecule has 2 aliphatic rings. The maximum Gasteiger partial charge on any atom is 0.262 e. The van der Waals surface area contributed by atoms with Gasteiger partial charge in [-0.1, -0.05) is 0 Å². The van der Waals surface area contributed by atoms with Gasteiger partial charge in [0.1, 0.15) is 41.3 Å². The number of rotatable bonds is 8. The number of likely N-dealkylation sites (N-methyl/N-ethyl adjacent to an activating group) is 1. The van der Waals surface area contributed by atoms with E-state index in [4.69, 9.17) is 18.6 Å². The molecule has 4 heterocycles. The zero-order valence-corrected chi connectivity index (χ0v) is 21.5. The summed E-state index contributed by atoms with van der Waals surface area (Å²) in [5, 5.41) is 2.16. The molecule has 1 aromatic carbocycles. The van der Waals surface area contributed by atoms with E-state index >= 15 is 0 Å². The fourth-order valence-electron chi connectivity index (χ4n) is 4.26. The van der Waals surface area contributed by atoms with Crippen molar-refractivity contribution in [2.75, 3.05) is 59.6 Å². The molecule has 5 rings (SSSR count). The summed E-state index contributed by atoms with van der Waals surface area (Å²) in [6.07, 6.45) is 3.35. The number of benzene rings is 1. The molecule has 0 saturated carbocycles. The highest BCUT2D eigenvalue weighted by Gasteiger charge is 2.21. The quantitative estimate of drug-likeness (QED) is 0.429. The number of aromatic nitrogens is 3. The molecule has 0 bridgehead atoms. The lowest BCUT2D eigenvalue weighted by atomic mass is 10.1. The smallest absolute Gasteiger partial charge is 0.262 e. The average molecular weight is 500 g/mol. The van der Waals surface area contributed by atoms with E-state index in [2.05, 4.69) is 31.8 Å². The SMILES string of the molecule is Cc1nc(Sc2ncnc3cc(OCCN4CCN(C)CC4)cc(OC4CCOCC4)c23)oc1C. The summed E-state index contributed by atoms with van der Waals surface area (Å²) in [4.78, 5) is 18.4. The fourth-order valence-corrected chi connectivity index (χ4v) is 5.18. The fraction of sp³-hybridized carbons (Fsp3) is 0.560. The third-order valence-corrected chi connectivity index (χ3v) is 7.42. The van der Waals surface area contributed by atoms with E-state index < -0.39 is 0 Å². The number of hydrogen-bond acceptors (Lipinski definition) is 10. The lowest BCUT2D eigenvalue weighted by Crippen LogP contribution is -2.45. The number of piperazine rings is 1. The van der Waals surface area contributed by atoms with Crippen LogP contribution in [-0.2, 0) is 4.74 Å². The first-order chi connectivity index (χ1) is 17.0. The molecule has 3 aromatic rings. The molecule has 9 nitrogen and oxygen atoms in total. The Morgan fingerprint density at radius 1 is 1.09 bits per heavy atom. The first kappa shape index (κ1) is 24.3. The molecule has 2 aromatic heterocycles. The Bertz CT molecular complexity index is 1120. The van der Waals surface area contributed by atoms with Crippen LogP contribution in [0.15, 0.2) is 33.1 Å². The Kier molecular flexibility index (Phi) is 7.72. The van der Waals surface area contributed by atoms with Gasteiger partial charge in [-0.25, -0.2) is 15.0 Å². The number of oxazole rings is 1. The van der Waals surface area contributed by atoms with Gasteiger partial charge >= 0.3 is 0 Å². The average Bonchev–Trinajstić information content (AvgIpc) is 3.17. The van der Waals surface area contributed by atoms with Crippen LogP contribution >= 0.6 is 11.8 Å². The summed E-state index contributed by atoms with van der Waals surface area (Å²) >= 11 is 1.39. The third-order valence-electron chi connectivity index (χ3n) is 6.57. The van der Waals surface area contributed by atoms with Crippen LogP contribution in [0.25, 0.3) is 10.9 Å². The highest BCUT2D eigenvalue weighted by atomic mass is 32.2. The summed E-state index contributed by atoms with van der Waals surface area (Å²) in [6, 6.07) is 3.94. The molecule has 2 fully saturated rings. The molecular formula is C25H33N5O4S. The molecule has 0 aliphatic carbocycles. The van der Waals surface area contributed by atoms with Gasteiger partial charge in [0.2, 0.25) is 0 Å². The van der Waals surface area contributed by atoms with Crippen LogP contribution in [-0.4, -0.2) is 90.4 Å². The van der Waals surface area contributed by atoms with E-state index in [1.54, 1.807) is 6.33 Å². The predicted octanol–water partition coefficient (Wildman–Crippen LogP) is 3.57. The first-order valence-electron chi connectivity index (χ1n) is 12.2. The largest absolute Gasteiger partial charge is 0.492 e. The van der Waals surface area contributed by atoms with E-state index in [9.17, 15) is 0 Å². The minimum Gasteiger partial charge on any atom is -0.492 e. The number of ether oxygens (including phenoxy) is 3. The van der Waals surface area contributed by atoms with Crippen LogP contribution in [0, 0.1) is 13.8 Å². The Morgan fingerprint density at radius 3 is 2.63 bits per heavy atom. The number of nitrogens with zero attached hydrogens (tertiary/aromatic N) is 5. The van der Waals surface area contributed by atoms with Crippen LogP contribution in [0.2, 0.25) is 0 Å². The number of hydrogen-bond donors (Lipinski definition) is 0. The standard InChI is InChI=1S/C25H33N5O4S/c1-17-18(2)33-25(28-17)35-24-23-21(26-16-27-24)14-20(15-22(23)34-19-4-11-31-12-5-19)32-13-10-30-8-6-29(3)7-9-30/h14-16,19H,4-13H2,1-3H3. The number of fused-ring (bicyclic) bond motifs is 1. The van der Waals surface area contributed by atoms with Gasteiger partial charge in [0.15, 0.2) is 0 Å². The lowest BCUT2D eigenvalue weighted by Gasteiger charge is -2.32. The van der Waals surface area contributed by atoms with Gasteiger partial charge in [0, 0.05) is 57.7 Å². The third kappa shape index (κ3) is 6.06. The molecule has 0 unspecified atom stereocenters. The highest BCUT2D eigenvalue weighted by molar-refractivity contribution is 7.99. The summed E-state index contributed by atoms with van der Waals surface area (Å²) in [5.41, 5.74) is 1.65. The van der Waals surface area contributed by atoms with Crippen molar-refractivity contribution in [3.8, 4) is 11.5 Å². The Morgan fingerprint density at radius 2 is 1.89 bits per heavy atom. The van der Waals surface area contributed by atoms with Crippen molar-refractivity contribution in [2.24, 2.45) is 0 Å². The van der Waals surface area contributed by atoms with Gasteiger partial charge in [-0.05, 0) is 32.7 Å². The van der Waals surface area contributed by atoms with Crippen molar-refractivity contribution in [3.63, 3.8) is 0 Å². The predicted molar refractivity (Wildman–Crippen MR) is 134 cm³/mol. The van der Waals surface area contributed by atoms with Gasteiger partial charge in [0.25, 0.3) is 5.22 Å². The van der Waals surface area contributed by atoms with Crippen molar-refractivity contribution in [1.82, 2.24) is 24.8 Å². The monoisotopic (exact) mass is 499 g/mol. The van der Waals surface area contributed by atoms with Crippen LogP contribution in [0.4, 0.5) is 0 Å². The van der Waals surface area contributed by atoms with Crippen LogP contribution in [0.1, 0.15) is 24.3 Å². The van der Waals surface area contributed by atoms with Gasteiger partial charge in [0.05, 0.1) is 29.8 Å². The highest BCUT2D eigenvalue weighted by Crippen LogP contribution is 2.39. The molecular weight excluding hydrogens is 466 g/mol. The normalized spacial score (nSPS) is 18.3. The molecule has 188 valence electrons. The zero-order valence-electron chi connectivity index (χ0n) is 20.7. The van der Waals surface area contributed by atoms with Crippen molar-refractivity contribution < 1.29 is 18.6 Å². The summed E-state index contributed by atoms with van der Waals surface area (Å²) in [7, 11) is 2.17. The maximum atomic E-state index is 6.50. The Hall–Kier alpha value is -2.40. The summed E-state index contributed by atoms with van der Waals surface area (Å²) in [5.74, 6) is 2.29. The maximum absolute atomic E-state index is 6.50. The topological polar surface area (TPSA) is 86.0 Å². The molecule has 0 amide bonds. The van der Waals surface area contributed by atoms with Gasteiger partial charge < -0.3 is 23.5 Å². The van der Waals surface area contributed by atoms with E-state index in [1.165, 1.54) is 11.8 Å². The van der Waals surface area contributed by atoms with Crippen LogP contribution in [0.5, 0.6) is 11.5 Å². The van der Waals surface area contributed by atoms with Gasteiger partial charge in [-0.2, -0.15) is 0 Å². The second-order valence-corrected chi connectivity index (χ2v) is 10.1. The Labute approximate surface area is 210 Å². The van der Waals surface area contributed by atoms with E-state index in [1.807, 2.05) is 26.0 Å². The molecule has 10 heteroatoms. The van der Waals surface area contributed by atoms with Gasteiger partial charge in [-0.15, -0.1) is 0 Å². The summed E-state index contributed by atoms with van der Waals surface area (Å²) < 4.78 is 24.0. The second-order valence-electron chi connectivity index (χ2n) is 9.14. The summed E-state index contributed by atoms with van der Waals surface area (Å²) in [6.45, 7) is 11.1. The molecule has 2 saturated heterocycles. The van der Waals surface area contributed by atoms with Gasteiger partial charge in [-0.3, -0.25) is 4.90 Å². The van der Waals surface area contributed by atoms with E-state index in [0.717, 1.165) is 84.4 Å². The van der Waals surface area contributed by atoms with Crippen LogP contribution < -0.4 is 9.47 Å². The van der Waals surface area contributed by atoms with Crippen molar-refractivity contribution in [2.45, 2.75) is 43.0 Å². The molecule has 2 aliphatic heterocycles.